The van der Waals surface area contributed by atoms with E-state index in [1.165, 1.54) is 18.5 Å². The molecule has 0 saturated heterocycles. The van der Waals surface area contributed by atoms with Crippen molar-refractivity contribution < 1.29 is 31.5 Å². The van der Waals surface area contributed by atoms with Gasteiger partial charge in [-0.05, 0) is 37.1 Å². The summed E-state index contributed by atoms with van der Waals surface area (Å²) in [5, 5.41) is 0. The molecule has 0 unspecified atom stereocenters. The summed E-state index contributed by atoms with van der Waals surface area (Å²) in [6.45, 7) is 3.60. The third-order valence-electron chi connectivity index (χ3n) is 5.60. The molecule has 0 aliphatic rings. The van der Waals surface area contributed by atoms with Gasteiger partial charge in [0.15, 0.2) is 0 Å². The van der Waals surface area contributed by atoms with Crippen molar-refractivity contribution in [1.82, 2.24) is 4.31 Å². The number of hydrogen-bond donors (Lipinski definition) is 0. The topological polar surface area (TPSA) is 83.5 Å². The lowest BCUT2D eigenvalue weighted by molar-refractivity contribution is 0.328. The molecule has 0 heterocycles. The highest BCUT2D eigenvalue weighted by atomic mass is 32.2. The summed E-state index contributed by atoms with van der Waals surface area (Å²) in [4.78, 5) is 0. The first kappa shape index (κ1) is 26.2. The number of methoxy groups -OCH3 is 4. The van der Waals surface area contributed by atoms with Gasteiger partial charge in [0, 0.05) is 36.3 Å². The Morgan fingerprint density at radius 1 is 0.686 bits per heavy atom. The van der Waals surface area contributed by atoms with E-state index in [4.69, 9.17) is 23.1 Å². The second-order valence-electron chi connectivity index (χ2n) is 7.89. The molecule has 3 aromatic carbocycles. The first-order valence-electron chi connectivity index (χ1n) is 10.9. The lowest BCUT2D eigenvalue weighted by Gasteiger charge is -2.25. The van der Waals surface area contributed by atoms with E-state index in [1.54, 1.807) is 76.6 Å². The molecule has 0 radical (unpaired) electrons. The maximum absolute atomic E-state index is 13.6. The minimum absolute atomic E-state index is 0.00435. The zero-order valence-electron chi connectivity index (χ0n) is 20.8. The Balaban J connectivity index is 2.05. The van der Waals surface area contributed by atoms with Crippen molar-refractivity contribution in [3.63, 3.8) is 0 Å². The van der Waals surface area contributed by atoms with Gasteiger partial charge in [-0.2, -0.15) is 12.7 Å². The minimum Gasteiger partial charge on any atom is -0.497 e. The van der Waals surface area contributed by atoms with Crippen LogP contribution in [0.25, 0.3) is 0 Å². The summed E-state index contributed by atoms with van der Waals surface area (Å²) in [7, 11) is 1.92. The summed E-state index contributed by atoms with van der Waals surface area (Å²) >= 11 is 0. The first-order chi connectivity index (χ1) is 16.7. The van der Waals surface area contributed by atoms with E-state index in [2.05, 4.69) is 0 Å². The van der Waals surface area contributed by atoms with Crippen molar-refractivity contribution >= 4 is 10.3 Å². The predicted molar refractivity (Wildman–Crippen MR) is 134 cm³/mol. The summed E-state index contributed by atoms with van der Waals surface area (Å²) in [6.07, 6.45) is 0. The fourth-order valence-electron chi connectivity index (χ4n) is 3.65. The van der Waals surface area contributed by atoms with Gasteiger partial charge in [0.25, 0.3) is 0 Å². The van der Waals surface area contributed by atoms with Gasteiger partial charge in [-0.1, -0.05) is 30.3 Å². The van der Waals surface area contributed by atoms with Crippen molar-refractivity contribution in [2.24, 2.45) is 0 Å². The second-order valence-corrected chi connectivity index (χ2v) is 9.42. The van der Waals surface area contributed by atoms with Crippen LogP contribution >= 0.6 is 0 Å². The molecule has 188 valence electrons. The van der Waals surface area contributed by atoms with Crippen molar-refractivity contribution in [2.45, 2.75) is 26.9 Å². The highest BCUT2D eigenvalue weighted by Gasteiger charge is 2.28. The van der Waals surface area contributed by atoms with Gasteiger partial charge >= 0.3 is 10.3 Å². The molecule has 0 saturated carbocycles. The molecule has 8 nitrogen and oxygen atoms in total. The molecule has 0 fully saturated rings. The van der Waals surface area contributed by atoms with Crippen molar-refractivity contribution in [3.8, 4) is 28.7 Å². The highest BCUT2D eigenvalue weighted by Crippen LogP contribution is 2.32. The van der Waals surface area contributed by atoms with E-state index in [-0.39, 0.29) is 13.1 Å². The molecule has 9 heteroatoms. The highest BCUT2D eigenvalue weighted by molar-refractivity contribution is 7.84. The maximum Gasteiger partial charge on any atom is 0.385 e. The molecule has 0 aliphatic carbocycles. The zero-order valence-corrected chi connectivity index (χ0v) is 21.6. The first-order valence-corrected chi connectivity index (χ1v) is 12.3. The second kappa shape index (κ2) is 11.3. The van der Waals surface area contributed by atoms with E-state index in [0.29, 0.717) is 39.9 Å². The van der Waals surface area contributed by atoms with Gasteiger partial charge in [-0.15, -0.1) is 0 Å². The standard InChI is InChI=1S/C26H31NO7S/c1-18-8-7-9-19(2)26(18)34-35(28,29)27(16-20-10-12-22(30-3)14-24(20)32-5)17-21-11-13-23(31-4)15-25(21)33-6/h7-15H,16-17H2,1-6H3. The Morgan fingerprint density at radius 3 is 1.54 bits per heavy atom. The summed E-state index contributed by atoms with van der Waals surface area (Å²) in [5.74, 6) is 2.50. The summed E-state index contributed by atoms with van der Waals surface area (Å²) in [6, 6.07) is 15.9. The van der Waals surface area contributed by atoms with Crippen LogP contribution in [0.4, 0.5) is 0 Å². The molecule has 0 atom stereocenters. The van der Waals surface area contributed by atoms with Crippen LogP contribution in [0.5, 0.6) is 28.7 Å². The fraction of sp³-hybridized carbons (Fsp3) is 0.308. The largest absolute Gasteiger partial charge is 0.497 e. The third kappa shape index (κ3) is 6.17. The number of para-hydroxylation sites is 1. The van der Waals surface area contributed by atoms with Gasteiger partial charge in [0.1, 0.15) is 28.7 Å². The lowest BCUT2D eigenvalue weighted by atomic mass is 10.1. The smallest absolute Gasteiger partial charge is 0.385 e. The summed E-state index contributed by atoms with van der Waals surface area (Å²) < 4.78 is 55.7. The van der Waals surface area contributed by atoms with E-state index in [1.807, 2.05) is 6.07 Å². The van der Waals surface area contributed by atoms with Crippen molar-refractivity contribution in [1.29, 1.82) is 0 Å². The Kier molecular flexibility index (Phi) is 8.48. The molecular formula is C26H31NO7S. The number of hydrogen-bond acceptors (Lipinski definition) is 7. The third-order valence-corrected chi connectivity index (χ3v) is 6.86. The fourth-order valence-corrected chi connectivity index (χ4v) is 4.82. The molecule has 35 heavy (non-hydrogen) atoms. The predicted octanol–water partition coefficient (Wildman–Crippen LogP) is 4.66. The number of nitrogens with zero attached hydrogens (tertiary/aromatic N) is 1. The molecule has 0 amide bonds. The van der Waals surface area contributed by atoms with E-state index in [0.717, 1.165) is 11.1 Å². The van der Waals surface area contributed by atoms with Gasteiger partial charge in [-0.3, -0.25) is 0 Å². The number of benzene rings is 3. The molecule has 0 aromatic heterocycles. The van der Waals surface area contributed by atoms with E-state index < -0.39 is 10.3 Å². The SMILES string of the molecule is COc1ccc(CN(Cc2ccc(OC)cc2OC)S(=O)(=O)Oc2c(C)cccc2C)c(OC)c1. The molecule has 0 aliphatic heterocycles. The van der Waals surface area contributed by atoms with E-state index in [9.17, 15) is 8.42 Å². The molecule has 3 rings (SSSR count). The van der Waals surface area contributed by atoms with Gasteiger partial charge in [0.05, 0.1) is 28.4 Å². The Hall–Kier alpha value is -3.43. The molecule has 0 bridgehead atoms. The van der Waals surface area contributed by atoms with Crippen LogP contribution in [0.3, 0.4) is 0 Å². The van der Waals surface area contributed by atoms with Crippen molar-refractivity contribution in [2.75, 3.05) is 28.4 Å². The van der Waals surface area contributed by atoms with Gasteiger partial charge in [-0.25, -0.2) is 0 Å². The monoisotopic (exact) mass is 501 g/mol. The average Bonchev–Trinajstić information content (AvgIpc) is 2.86. The van der Waals surface area contributed by atoms with Crippen LogP contribution in [0, 0.1) is 13.8 Å². The Labute approximate surface area is 207 Å². The molecule has 0 spiro atoms. The minimum atomic E-state index is -4.24. The van der Waals surface area contributed by atoms with Gasteiger partial charge in [0.2, 0.25) is 0 Å². The van der Waals surface area contributed by atoms with Gasteiger partial charge < -0.3 is 23.1 Å². The quantitative estimate of drug-likeness (QED) is 0.378. The molecular weight excluding hydrogens is 470 g/mol. The van der Waals surface area contributed by atoms with Crippen LogP contribution in [-0.2, 0) is 23.4 Å². The number of aryl methyl sites for hydroxylation is 2. The molecule has 0 N–H and O–H groups in total. The Morgan fingerprint density at radius 2 is 1.14 bits per heavy atom. The maximum atomic E-state index is 13.6. The Bertz CT molecular complexity index is 1200. The van der Waals surface area contributed by atoms with Crippen LogP contribution in [0.1, 0.15) is 22.3 Å². The number of ether oxygens (including phenoxy) is 4. The lowest BCUT2D eigenvalue weighted by Crippen LogP contribution is -2.34. The normalized spacial score (nSPS) is 11.3. The van der Waals surface area contributed by atoms with Crippen LogP contribution in [0.2, 0.25) is 0 Å². The zero-order chi connectivity index (χ0) is 25.6. The van der Waals surface area contributed by atoms with Crippen LogP contribution in [0.15, 0.2) is 54.6 Å². The molecule has 3 aromatic rings. The summed E-state index contributed by atoms with van der Waals surface area (Å²) in [5.41, 5.74) is 2.74. The van der Waals surface area contributed by atoms with Crippen LogP contribution in [-0.4, -0.2) is 41.2 Å². The average molecular weight is 502 g/mol. The van der Waals surface area contributed by atoms with E-state index >= 15 is 0 Å². The number of rotatable bonds is 11. The van der Waals surface area contributed by atoms with Crippen LogP contribution < -0.4 is 23.1 Å². The van der Waals surface area contributed by atoms with Crippen molar-refractivity contribution in [3.05, 3.63) is 76.9 Å².